The van der Waals surface area contributed by atoms with Crippen molar-refractivity contribution >= 4 is 23.6 Å². The number of benzene rings is 2. The largest absolute Gasteiger partial charge is 0.493 e. The average Bonchev–Trinajstić information content (AvgIpc) is 2.95. The maximum atomic E-state index is 13.7. The summed E-state index contributed by atoms with van der Waals surface area (Å²) in [5.74, 6) is -2.87. The summed E-state index contributed by atoms with van der Waals surface area (Å²) in [5.41, 5.74) is 0.672. The molecule has 2 aliphatic rings. The maximum Gasteiger partial charge on any atom is 0.258 e. The Kier molecular flexibility index (Phi) is 11.4. The summed E-state index contributed by atoms with van der Waals surface area (Å²) in [4.78, 5) is 54.1. The lowest BCUT2D eigenvalue weighted by atomic mass is 10.1. The number of likely N-dealkylation sites (N-methyl/N-ethyl adjacent to an activating group) is 1. The molecule has 0 aromatic heterocycles. The number of nitrogens with one attached hydrogen (secondary N) is 2. The zero-order valence-corrected chi connectivity index (χ0v) is 23.5. The third-order valence-corrected chi connectivity index (χ3v) is 6.66. The Hall–Kier alpha value is -4.22. The molecule has 1 atom stereocenters. The van der Waals surface area contributed by atoms with E-state index in [0.29, 0.717) is 50.0 Å². The number of ether oxygens (including phenoxy) is 2. The number of amides is 4. The van der Waals surface area contributed by atoms with E-state index in [9.17, 15) is 28.0 Å². The van der Waals surface area contributed by atoms with E-state index in [2.05, 4.69) is 10.6 Å². The second-order valence-electron chi connectivity index (χ2n) is 9.83. The molecule has 41 heavy (non-hydrogen) atoms. The quantitative estimate of drug-likeness (QED) is 0.544. The Morgan fingerprint density at radius 2 is 1.76 bits per heavy atom. The molecule has 0 radical (unpaired) electrons. The zero-order chi connectivity index (χ0) is 29.9. The summed E-state index contributed by atoms with van der Waals surface area (Å²) < 4.78 is 37.9. The van der Waals surface area contributed by atoms with E-state index in [4.69, 9.17) is 9.47 Å². The molecule has 2 aromatic rings. The third-order valence-electron chi connectivity index (χ3n) is 6.66. The van der Waals surface area contributed by atoms with Crippen molar-refractivity contribution < 1.29 is 37.4 Å². The molecule has 0 spiro atoms. The second kappa shape index (κ2) is 15.0. The topological polar surface area (TPSA) is 117 Å². The van der Waals surface area contributed by atoms with E-state index in [1.165, 1.54) is 36.3 Å². The number of carbonyl (C=O) groups is 4. The Balaban J connectivity index is 1.74. The molecule has 4 rings (SSSR count). The third kappa shape index (κ3) is 9.16. The molecule has 222 valence electrons. The summed E-state index contributed by atoms with van der Waals surface area (Å²) in [6, 6.07) is 7.13. The minimum Gasteiger partial charge on any atom is -0.493 e. The second-order valence-corrected chi connectivity index (χ2v) is 9.83. The molecule has 0 saturated heterocycles. The summed E-state index contributed by atoms with van der Waals surface area (Å²) in [6.07, 6.45) is 1.52. The van der Waals surface area contributed by atoms with Gasteiger partial charge in [-0.05, 0) is 62.1 Å². The van der Waals surface area contributed by atoms with Gasteiger partial charge in [-0.1, -0.05) is 6.07 Å². The molecule has 10 nitrogen and oxygen atoms in total. The predicted octanol–water partition coefficient (Wildman–Crippen LogP) is 2.30. The van der Waals surface area contributed by atoms with Gasteiger partial charge >= 0.3 is 0 Å². The number of methoxy groups -OCH3 is 1. The lowest BCUT2D eigenvalue weighted by Crippen LogP contribution is -2.47. The van der Waals surface area contributed by atoms with Crippen LogP contribution in [0.5, 0.6) is 11.5 Å². The molecule has 4 amide bonds. The first kappa shape index (κ1) is 31.3. The molecule has 0 unspecified atom stereocenters. The van der Waals surface area contributed by atoms with Crippen molar-refractivity contribution in [1.82, 2.24) is 20.4 Å². The summed E-state index contributed by atoms with van der Waals surface area (Å²) in [5, 5.41) is 5.43. The fourth-order valence-electron chi connectivity index (χ4n) is 4.38. The predicted molar refractivity (Wildman–Crippen MR) is 147 cm³/mol. The van der Waals surface area contributed by atoms with Crippen molar-refractivity contribution in [2.75, 3.05) is 46.9 Å². The lowest BCUT2D eigenvalue weighted by Gasteiger charge is -2.25. The van der Waals surface area contributed by atoms with Crippen LogP contribution in [0.2, 0.25) is 0 Å². The van der Waals surface area contributed by atoms with Crippen LogP contribution in [0.3, 0.4) is 0 Å². The van der Waals surface area contributed by atoms with E-state index in [1.54, 1.807) is 18.9 Å². The van der Waals surface area contributed by atoms with Crippen LogP contribution in [0, 0.1) is 11.6 Å². The van der Waals surface area contributed by atoms with Gasteiger partial charge in [0, 0.05) is 38.8 Å². The van der Waals surface area contributed by atoms with Gasteiger partial charge in [0.1, 0.15) is 6.04 Å². The fraction of sp³-hybridized carbons (Fsp3) is 0.448. The van der Waals surface area contributed by atoms with Crippen molar-refractivity contribution in [2.24, 2.45) is 0 Å². The molecule has 2 aliphatic heterocycles. The molecule has 2 bridgehead atoms. The number of halogens is 2. The van der Waals surface area contributed by atoms with Gasteiger partial charge in [0.25, 0.3) is 11.8 Å². The van der Waals surface area contributed by atoms with Crippen LogP contribution in [0.15, 0.2) is 36.4 Å². The molecular weight excluding hydrogens is 538 g/mol. The van der Waals surface area contributed by atoms with Crippen LogP contribution < -0.4 is 20.1 Å². The Morgan fingerprint density at radius 3 is 2.49 bits per heavy atom. The highest BCUT2D eigenvalue weighted by Crippen LogP contribution is 2.28. The monoisotopic (exact) mass is 574 g/mol. The van der Waals surface area contributed by atoms with Crippen LogP contribution >= 0.6 is 0 Å². The maximum absolute atomic E-state index is 13.7. The van der Waals surface area contributed by atoms with Crippen molar-refractivity contribution in [2.45, 2.75) is 38.6 Å². The minimum absolute atomic E-state index is 0.104. The summed E-state index contributed by atoms with van der Waals surface area (Å²) in [6.45, 7) is 2.62. The van der Waals surface area contributed by atoms with Crippen LogP contribution in [-0.4, -0.2) is 86.4 Å². The molecule has 2 aromatic carbocycles. The van der Waals surface area contributed by atoms with Crippen molar-refractivity contribution in [1.29, 1.82) is 0 Å². The van der Waals surface area contributed by atoms with E-state index >= 15 is 0 Å². The van der Waals surface area contributed by atoms with Gasteiger partial charge in [-0.25, -0.2) is 8.78 Å². The van der Waals surface area contributed by atoms with Crippen molar-refractivity contribution in [3.05, 3.63) is 59.2 Å². The van der Waals surface area contributed by atoms with Gasteiger partial charge in [0.2, 0.25) is 11.8 Å². The normalized spacial score (nSPS) is 18.2. The van der Waals surface area contributed by atoms with Gasteiger partial charge in [-0.15, -0.1) is 0 Å². The highest BCUT2D eigenvalue weighted by Gasteiger charge is 2.21. The molecular formula is C29H36F2N4O6. The van der Waals surface area contributed by atoms with Crippen molar-refractivity contribution in [3.63, 3.8) is 0 Å². The molecule has 2 N–H and O–H groups in total. The van der Waals surface area contributed by atoms with Crippen LogP contribution in [-0.2, 0) is 20.8 Å². The molecule has 0 fully saturated rings. The number of rotatable bonds is 3. The first-order valence-corrected chi connectivity index (χ1v) is 13.4. The van der Waals surface area contributed by atoms with Crippen molar-refractivity contribution in [3.8, 4) is 11.5 Å². The zero-order valence-electron chi connectivity index (χ0n) is 23.5. The number of hydrogen-bond acceptors (Lipinski definition) is 6. The minimum atomic E-state index is -1.02. The highest BCUT2D eigenvalue weighted by molar-refractivity contribution is 5.95. The first-order chi connectivity index (χ1) is 19.6. The van der Waals surface area contributed by atoms with E-state index in [-0.39, 0.29) is 48.8 Å². The Labute approximate surface area is 238 Å². The van der Waals surface area contributed by atoms with E-state index in [0.717, 1.165) is 12.1 Å². The molecule has 0 saturated carbocycles. The van der Waals surface area contributed by atoms with Gasteiger partial charge in [-0.2, -0.15) is 0 Å². The number of hydrogen-bond donors (Lipinski definition) is 2. The first-order valence-electron chi connectivity index (χ1n) is 13.4. The SMILES string of the molecule is COc1cc2ccc1OCC(=O)N[C@@H](C)C(=O)N(C)CCCCN(C(=O)Cc1ccc(F)c(F)c1)CCCNC2=O. The molecule has 0 aliphatic carbocycles. The molecule has 2 heterocycles. The number of fused-ring (bicyclic) bond motifs is 18. The average molecular weight is 575 g/mol. The number of carbonyl (C=O) groups excluding carboxylic acids is 4. The highest BCUT2D eigenvalue weighted by atomic mass is 19.2. The smallest absolute Gasteiger partial charge is 0.258 e. The summed E-state index contributed by atoms with van der Waals surface area (Å²) in [7, 11) is 3.05. The van der Waals surface area contributed by atoms with Crippen LogP contribution in [0.1, 0.15) is 42.1 Å². The Bertz CT molecular complexity index is 1260. The fourth-order valence-corrected chi connectivity index (χ4v) is 4.38. The van der Waals surface area contributed by atoms with Gasteiger partial charge in [0.05, 0.1) is 13.5 Å². The van der Waals surface area contributed by atoms with Crippen LogP contribution in [0.4, 0.5) is 8.78 Å². The molecule has 12 heteroatoms. The van der Waals surface area contributed by atoms with E-state index < -0.39 is 23.6 Å². The van der Waals surface area contributed by atoms with E-state index in [1.807, 2.05) is 0 Å². The summed E-state index contributed by atoms with van der Waals surface area (Å²) >= 11 is 0. The standard InChI is InChI=1S/C29H36F2N4O6/c1-19-29(39)34(2)12-4-5-13-35(27(37)16-20-7-9-22(30)23(31)15-20)14-6-11-32-28(38)21-8-10-24(25(17-21)40-3)41-18-26(36)33-19/h7-10,15,17,19H,4-6,11-14,16,18H2,1-3H3,(H,32,38)(H,33,36)/t19-/m0/s1. The van der Waals surface area contributed by atoms with Gasteiger partial charge in [0.15, 0.2) is 29.7 Å². The van der Waals surface area contributed by atoms with Gasteiger partial charge in [-0.3, -0.25) is 19.2 Å². The number of nitrogens with zero attached hydrogens (tertiary/aromatic N) is 2. The lowest BCUT2D eigenvalue weighted by molar-refractivity contribution is -0.135. The Morgan fingerprint density at radius 1 is 1.02 bits per heavy atom. The van der Waals surface area contributed by atoms with Crippen LogP contribution in [0.25, 0.3) is 0 Å². The van der Waals surface area contributed by atoms with Gasteiger partial charge < -0.3 is 29.9 Å².